The molecule has 7 nitrogen and oxygen atoms in total. The first kappa shape index (κ1) is 22.1. The maximum absolute atomic E-state index is 13.1. The summed E-state index contributed by atoms with van der Waals surface area (Å²) in [6.07, 6.45) is 1.98. The van der Waals surface area contributed by atoms with Gasteiger partial charge in [-0.2, -0.15) is 0 Å². The predicted molar refractivity (Wildman–Crippen MR) is 116 cm³/mol. The number of nitrogens with zero attached hydrogens (tertiary/aromatic N) is 2. The highest BCUT2D eigenvalue weighted by Gasteiger charge is 2.25. The molecule has 8 heteroatoms. The van der Waals surface area contributed by atoms with Gasteiger partial charge in [-0.1, -0.05) is 6.07 Å². The monoisotopic (exact) mass is 432 g/mol. The lowest BCUT2D eigenvalue weighted by Crippen LogP contribution is -2.37. The van der Waals surface area contributed by atoms with Crippen molar-refractivity contribution >= 4 is 21.6 Å². The number of carbonyl (C=O) groups is 1. The Morgan fingerprint density at radius 3 is 2.53 bits per heavy atom. The lowest BCUT2D eigenvalue weighted by molar-refractivity contribution is 0.0539. The summed E-state index contributed by atoms with van der Waals surface area (Å²) in [7, 11) is -0.786. The first-order valence-corrected chi connectivity index (χ1v) is 11.4. The van der Waals surface area contributed by atoms with Gasteiger partial charge in [0, 0.05) is 32.3 Å². The minimum Gasteiger partial charge on any atom is -0.497 e. The van der Waals surface area contributed by atoms with Crippen molar-refractivity contribution in [2.24, 2.45) is 0 Å². The van der Waals surface area contributed by atoms with Gasteiger partial charge in [0.1, 0.15) is 5.75 Å². The van der Waals surface area contributed by atoms with Crippen LogP contribution in [0.5, 0.6) is 5.75 Å². The van der Waals surface area contributed by atoms with Gasteiger partial charge in [-0.25, -0.2) is 8.42 Å². The smallest absolute Gasteiger partial charge is 0.264 e. The zero-order valence-electron chi connectivity index (χ0n) is 17.6. The van der Waals surface area contributed by atoms with E-state index < -0.39 is 10.0 Å². The third kappa shape index (κ3) is 4.76. The quantitative estimate of drug-likeness (QED) is 0.640. The maximum Gasteiger partial charge on any atom is 0.264 e. The number of hydrogen-bond donors (Lipinski definition) is 0. The highest BCUT2D eigenvalue weighted by atomic mass is 32.2. The highest BCUT2D eigenvalue weighted by Crippen LogP contribution is 2.25. The van der Waals surface area contributed by atoms with Crippen molar-refractivity contribution in [1.82, 2.24) is 4.90 Å². The second-order valence-electron chi connectivity index (χ2n) is 7.18. The Kier molecular flexibility index (Phi) is 6.99. The van der Waals surface area contributed by atoms with E-state index in [4.69, 9.17) is 9.47 Å². The molecular formula is C22H28N2O5S. The van der Waals surface area contributed by atoms with Gasteiger partial charge in [-0.3, -0.25) is 9.10 Å². The van der Waals surface area contributed by atoms with Gasteiger partial charge in [0.15, 0.2) is 0 Å². The van der Waals surface area contributed by atoms with Gasteiger partial charge in [0.25, 0.3) is 15.9 Å². The number of benzene rings is 2. The van der Waals surface area contributed by atoms with E-state index in [1.807, 2.05) is 6.92 Å². The molecule has 0 N–H and O–H groups in total. The molecule has 1 aliphatic heterocycles. The third-order valence-electron chi connectivity index (χ3n) is 5.29. The molecule has 1 amide bonds. The zero-order chi connectivity index (χ0) is 21.7. The minimum atomic E-state index is -3.83. The predicted octanol–water partition coefficient (Wildman–Crippen LogP) is 3.16. The van der Waals surface area contributed by atoms with E-state index in [-0.39, 0.29) is 16.9 Å². The maximum atomic E-state index is 13.1. The summed E-state index contributed by atoms with van der Waals surface area (Å²) >= 11 is 0. The van der Waals surface area contributed by atoms with Gasteiger partial charge in [0.05, 0.1) is 23.8 Å². The number of rotatable bonds is 8. The van der Waals surface area contributed by atoms with Crippen molar-refractivity contribution in [3.8, 4) is 5.75 Å². The van der Waals surface area contributed by atoms with Crippen LogP contribution in [0.1, 0.15) is 30.1 Å². The molecule has 0 aromatic heterocycles. The number of methoxy groups -OCH3 is 1. The van der Waals surface area contributed by atoms with Crippen molar-refractivity contribution in [2.45, 2.75) is 30.8 Å². The molecule has 162 valence electrons. The van der Waals surface area contributed by atoms with Crippen LogP contribution in [0.4, 0.5) is 5.69 Å². The fourth-order valence-electron chi connectivity index (χ4n) is 3.45. The van der Waals surface area contributed by atoms with Crippen LogP contribution in [0.3, 0.4) is 0 Å². The summed E-state index contributed by atoms with van der Waals surface area (Å²) in [5.41, 5.74) is 0.847. The van der Waals surface area contributed by atoms with Crippen molar-refractivity contribution in [3.63, 3.8) is 0 Å². The molecule has 3 rings (SSSR count). The Bertz CT molecular complexity index is 969. The molecule has 0 spiro atoms. The lowest BCUT2D eigenvalue weighted by atomic mass is 10.1. The molecule has 1 saturated heterocycles. The van der Waals surface area contributed by atoms with Crippen molar-refractivity contribution in [2.75, 3.05) is 38.2 Å². The number of ether oxygens (including phenoxy) is 2. The molecule has 1 atom stereocenters. The molecule has 2 aromatic carbocycles. The van der Waals surface area contributed by atoms with Gasteiger partial charge in [-0.05, 0) is 62.2 Å². The number of sulfonamides is 1. The number of anilines is 1. The van der Waals surface area contributed by atoms with Crippen LogP contribution < -0.4 is 9.04 Å². The first-order valence-electron chi connectivity index (χ1n) is 10.0. The molecule has 2 aromatic rings. The summed E-state index contributed by atoms with van der Waals surface area (Å²) in [6.45, 7) is 3.67. The van der Waals surface area contributed by atoms with E-state index in [0.29, 0.717) is 30.1 Å². The SMILES string of the molecule is CCN(C[C@H]1CCCO1)C(=O)c1cccc(S(=O)(=O)N(C)c2ccc(OC)cc2)c1. The Morgan fingerprint density at radius 1 is 1.20 bits per heavy atom. The number of likely N-dealkylation sites (N-methyl/N-ethyl adjacent to an activating group) is 1. The zero-order valence-corrected chi connectivity index (χ0v) is 18.4. The molecule has 1 aliphatic rings. The van der Waals surface area contributed by atoms with Crippen LogP contribution in [0.2, 0.25) is 0 Å². The molecule has 0 aliphatic carbocycles. The summed E-state index contributed by atoms with van der Waals surface area (Å²) < 4.78 is 38.2. The van der Waals surface area contributed by atoms with E-state index in [1.54, 1.807) is 48.4 Å². The average molecular weight is 433 g/mol. The van der Waals surface area contributed by atoms with E-state index >= 15 is 0 Å². The summed E-state index contributed by atoms with van der Waals surface area (Å²) in [6, 6.07) is 12.9. The molecule has 0 bridgehead atoms. The molecular weight excluding hydrogens is 404 g/mol. The first-order chi connectivity index (χ1) is 14.4. The molecule has 0 saturated carbocycles. The fourth-order valence-corrected chi connectivity index (χ4v) is 4.69. The van der Waals surface area contributed by atoms with Gasteiger partial charge in [0.2, 0.25) is 0 Å². The molecule has 1 heterocycles. The fraction of sp³-hybridized carbons (Fsp3) is 0.409. The van der Waals surface area contributed by atoms with Crippen LogP contribution in [0.25, 0.3) is 0 Å². The topological polar surface area (TPSA) is 76.2 Å². The molecule has 0 unspecified atom stereocenters. The van der Waals surface area contributed by atoms with Crippen LogP contribution in [-0.4, -0.2) is 59.2 Å². The Hall–Kier alpha value is -2.58. The second kappa shape index (κ2) is 9.49. The molecule has 1 fully saturated rings. The number of hydrogen-bond acceptors (Lipinski definition) is 5. The van der Waals surface area contributed by atoms with Crippen LogP contribution >= 0.6 is 0 Å². The highest BCUT2D eigenvalue weighted by molar-refractivity contribution is 7.92. The summed E-state index contributed by atoms with van der Waals surface area (Å²) in [5, 5.41) is 0. The standard InChI is InChI=1S/C22H28N2O5S/c1-4-24(16-20-8-6-14-29-20)22(25)17-7-5-9-21(15-17)30(26,27)23(2)18-10-12-19(28-3)13-11-18/h5,7,9-13,15,20H,4,6,8,14,16H2,1-3H3/t20-/m1/s1. The van der Waals surface area contributed by atoms with E-state index in [0.717, 1.165) is 19.4 Å². The van der Waals surface area contributed by atoms with Crippen LogP contribution in [0, 0.1) is 0 Å². The van der Waals surface area contributed by atoms with Crippen molar-refractivity contribution < 1.29 is 22.7 Å². The normalized spacial score (nSPS) is 16.3. The molecule has 30 heavy (non-hydrogen) atoms. The minimum absolute atomic E-state index is 0.0435. The lowest BCUT2D eigenvalue weighted by Gasteiger charge is -2.24. The van der Waals surface area contributed by atoms with Crippen molar-refractivity contribution in [1.29, 1.82) is 0 Å². The third-order valence-corrected chi connectivity index (χ3v) is 7.07. The van der Waals surface area contributed by atoms with E-state index in [9.17, 15) is 13.2 Å². The second-order valence-corrected chi connectivity index (χ2v) is 9.15. The Labute approximate surface area is 178 Å². The van der Waals surface area contributed by atoms with Crippen LogP contribution in [-0.2, 0) is 14.8 Å². The van der Waals surface area contributed by atoms with Gasteiger partial charge in [-0.15, -0.1) is 0 Å². The molecule has 0 radical (unpaired) electrons. The van der Waals surface area contributed by atoms with Gasteiger partial charge < -0.3 is 14.4 Å². The van der Waals surface area contributed by atoms with Crippen molar-refractivity contribution in [3.05, 3.63) is 54.1 Å². The summed E-state index contributed by atoms with van der Waals surface area (Å²) in [4.78, 5) is 14.8. The average Bonchev–Trinajstić information content (AvgIpc) is 3.30. The van der Waals surface area contributed by atoms with Crippen LogP contribution in [0.15, 0.2) is 53.4 Å². The van der Waals surface area contributed by atoms with Gasteiger partial charge >= 0.3 is 0 Å². The Morgan fingerprint density at radius 2 is 1.93 bits per heavy atom. The number of carbonyl (C=O) groups excluding carboxylic acids is 1. The largest absolute Gasteiger partial charge is 0.497 e. The van der Waals surface area contributed by atoms with E-state index in [1.165, 1.54) is 23.5 Å². The Balaban J connectivity index is 1.82. The number of amides is 1. The summed E-state index contributed by atoms with van der Waals surface area (Å²) in [5.74, 6) is 0.445. The van der Waals surface area contributed by atoms with E-state index in [2.05, 4.69) is 0 Å².